The zero-order chi connectivity index (χ0) is 14.3. The van der Waals surface area contributed by atoms with Gasteiger partial charge in [-0.1, -0.05) is 0 Å². The van der Waals surface area contributed by atoms with Crippen molar-refractivity contribution in [2.45, 2.75) is 20.0 Å². The molecule has 20 heavy (non-hydrogen) atoms. The first-order valence-corrected chi connectivity index (χ1v) is 6.47. The number of amides is 1. The van der Waals surface area contributed by atoms with Crippen LogP contribution in [-0.2, 0) is 13.1 Å². The normalized spacial score (nSPS) is 13.8. The van der Waals surface area contributed by atoms with Gasteiger partial charge in [-0.2, -0.15) is 5.10 Å². The van der Waals surface area contributed by atoms with E-state index in [2.05, 4.69) is 15.1 Å². The van der Waals surface area contributed by atoms with E-state index in [1.807, 2.05) is 32.1 Å². The fourth-order valence-corrected chi connectivity index (χ4v) is 2.16. The second kappa shape index (κ2) is 4.59. The standard InChI is InChI=1S/C13H16N6O/c1-4-18-7-9(5-15-18)19-8-11-10(12(19)20)6-14-13(16-11)17(2)3/h5-7H,4,8H2,1-3H3. The van der Waals surface area contributed by atoms with Gasteiger partial charge in [0.1, 0.15) is 0 Å². The molecule has 2 aromatic rings. The van der Waals surface area contributed by atoms with Crippen LogP contribution in [0.1, 0.15) is 23.0 Å². The number of hydrogen-bond acceptors (Lipinski definition) is 5. The Hall–Kier alpha value is -2.44. The lowest BCUT2D eigenvalue weighted by atomic mass is 10.3. The van der Waals surface area contributed by atoms with Gasteiger partial charge in [0.2, 0.25) is 5.95 Å². The molecule has 3 heterocycles. The van der Waals surface area contributed by atoms with Gasteiger partial charge in [-0.3, -0.25) is 14.4 Å². The van der Waals surface area contributed by atoms with Gasteiger partial charge in [0.25, 0.3) is 5.91 Å². The number of hydrogen-bond donors (Lipinski definition) is 0. The Labute approximate surface area is 116 Å². The van der Waals surface area contributed by atoms with Crippen LogP contribution in [0.25, 0.3) is 0 Å². The molecule has 2 aromatic heterocycles. The average molecular weight is 272 g/mol. The molecule has 0 saturated heterocycles. The van der Waals surface area contributed by atoms with Gasteiger partial charge in [-0.15, -0.1) is 0 Å². The van der Waals surface area contributed by atoms with E-state index in [9.17, 15) is 4.79 Å². The summed E-state index contributed by atoms with van der Waals surface area (Å²) in [5.74, 6) is 0.545. The Morgan fingerprint density at radius 2 is 2.15 bits per heavy atom. The predicted molar refractivity (Wildman–Crippen MR) is 74.8 cm³/mol. The highest BCUT2D eigenvalue weighted by atomic mass is 16.2. The fourth-order valence-electron chi connectivity index (χ4n) is 2.16. The van der Waals surface area contributed by atoms with Gasteiger partial charge in [0.05, 0.1) is 29.7 Å². The second-order valence-corrected chi connectivity index (χ2v) is 4.87. The molecular formula is C13H16N6O. The van der Waals surface area contributed by atoms with Crippen LogP contribution in [0.4, 0.5) is 11.6 Å². The van der Waals surface area contributed by atoms with E-state index in [4.69, 9.17) is 0 Å². The Balaban J connectivity index is 1.93. The molecule has 0 saturated carbocycles. The van der Waals surface area contributed by atoms with Crippen LogP contribution in [0.5, 0.6) is 0 Å². The van der Waals surface area contributed by atoms with E-state index in [0.29, 0.717) is 18.1 Å². The topological polar surface area (TPSA) is 67.2 Å². The van der Waals surface area contributed by atoms with Crippen LogP contribution in [0, 0.1) is 0 Å². The zero-order valence-electron chi connectivity index (χ0n) is 11.7. The Kier molecular flexibility index (Phi) is 2.89. The van der Waals surface area contributed by atoms with Crippen LogP contribution in [-0.4, -0.2) is 39.8 Å². The van der Waals surface area contributed by atoms with Crippen molar-refractivity contribution in [3.8, 4) is 0 Å². The highest BCUT2D eigenvalue weighted by Crippen LogP contribution is 2.27. The van der Waals surface area contributed by atoms with E-state index in [0.717, 1.165) is 17.9 Å². The van der Waals surface area contributed by atoms with Crippen molar-refractivity contribution in [2.75, 3.05) is 23.9 Å². The van der Waals surface area contributed by atoms with Crippen molar-refractivity contribution >= 4 is 17.5 Å². The zero-order valence-corrected chi connectivity index (χ0v) is 11.7. The summed E-state index contributed by atoms with van der Waals surface area (Å²) in [4.78, 5) is 24.5. The van der Waals surface area contributed by atoms with Crippen molar-refractivity contribution in [2.24, 2.45) is 0 Å². The Morgan fingerprint density at radius 1 is 1.35 bits per heavy atom. The van der Waals surface area contributed by atoms with E-state index < -0.39 is 0 Å². The third-order valence-electron chi connectivity index (χ3n) is 3.29. The third kappa shape index (κ3) is 1.91. The summed E-state index contributed by atoms with van der Waals surface area (Å²) in [6.07, 6.45) is 5.17. The first kappa shape index (κ1) is 12.6. The quantitative estimate of drug-likeness (QED) is 0.831. The Morgan fingerprint density at radius 3 is 2.80 bits per heavy atom. The SMILES string of the molecule is CCn1cc(N2Cc3nc(N(C)C)ncc3C2=O)cn1. The molecule has 0 aliphatic carbocycles. The largest absolute Gasteiger partial charge is 0.347 e. The molecule has 0 atom stereocenters. The summed E-state index contributed by atoms with van der Waals surface area (Å²) in [6.45, 7) is 3.25. The van der Waals surface area contributed by atoms with Crippen molar-refractivity contribution in [1.82, 2.24) is 19.7 Å². The lowest BCUT2D eigenvalue weighted by Crippen LogP contribution is -2.22. The molecule has 0 aromatic carbocycles. The molecule has 7 heteroatoms. The van der Waals surface area contributed by atoms with Crippen LogP contribution in [0.15, 0.2) is 18.6 Å². The molecular weight excluding hydrogens is 256 g/mol. The minimum absolute atomic E-state index is 0.0686. The van der Waals surface area contributed by atoms with Crippen LogP contribution in [0.2, 0.25) is 0 Å². The van der Waals surface area contributed by atoms with Crippen molar-refractivity contribution in [3.05, 3.63) is 29.8 Å². The van der Waals surface area contributed by atoms with Crippen molar-refractivity contribution in [1.29, 1.82) is 0 Å². The molecule has 1 aliphatic heterocycles. The van der Waals surface area contributed by atoms with E-state index in [-0.39, 0.29) is 5.91 Å². The fraction of sp³-hybridized carbons (Fsp3) is 0.385. The maximum atomic E-state index is 12.4. The molecule has 0 fully saturated rings. The number of aromatic nitrogens is 4. The molecule has 104 valence electrons. The minimum Gasteiger partial charge on any atom is -0.347 e. The number of nitrogens with zero attached hydrogens (tertiary/aromatic N) is 6. The highest BCUT2D eigenvalue weighted by molar-refractivity contribution is 6.09. The van der Waals surface area contributed by atoms with Gasteiger partial charge in [-0.05, 0) is 6.92 Å². The third-order valence-corrected chi connectivity index (χ3v) is 3.29. The first-order chi connectivity index (χ1) is 9.60. The van der Waals surface area contributed by atoms with Crippen LogP contribution < -0.4 is 9.80 Å². The minimum atomic E-state index is -0.0686. The van der Waals surface area contributed by atoms with Gasteiger partial charge in [0.15, 0.2) is 0 Å². The summed E-state index contributed by atoms with van der Waals surface area (Å²) in [5.41, 5.74) is 2.12. The summed E-state index contributed by atoms with van der Waals surface area (Å²) < 4.78 is 1.79. The van der Waals surface area contributed by atoms with E-state index in [1.54, 1.807) is 22.0 Å². The summed E-state index contributed by atoms with van der Waals surface area (Å²) in [7, 11) is 3.75. The summed E-state index contributed by atoms with van der Waals surface area (Å²) >= 11 is 0. The molecule has 3 rings (SSSR count). The second-order valence-electron chi connectivity index (χ2n) is 4.87. The summed E-state index contributed by atoms with van der Waals surface area (Å²) in [5, 5.41) is 4.20. The number of rotatable bonds is 3. The molecule has 7 nitrogen and oxygen atoms in total. The van der Waals surface area contributed by atoms with Gasteiger partial charge >= 0.3 is 0 Å². The monoisotopic (exact) mass is 272 g/mol. The van der Waals surface area contributed by atoms with Gasteiger partial charge < -0.3 is 4.90 Å². The molecule has 0 bridgehead atoms. The molecule has 1 aliphatic rings. The summed E-state index contributed by atoms with van der Waals surface area (Å²) in [6, 6.07) is 0. The molecule has 0 spiro atoms. The number of carbonyl (C=O) groups excluding carboxylic acids is 1. The van der Waals surface area contributed by atoms with E-state index in [1.165, 1.54) is 0 Å². The maximum Gasteiger partial charge on any atom is 0.262 e. The smallest absolute Gasteiger partial charge is 0.262 e. The van der Waals surface area contributed by atoms with E-state index >= 15 is 0 Å². The maximum absolute atomic E-state index is 12.4. The number of carbonyl (C=O) groups is 1. The van der Waals surface area contributed by atoms with Gasteiger partial charge in [0, 0.05) is 33.0 Å². The molecule has 0 radical (unpaired) electrons. The average Bonchev–Trinajstić information content (AvgIpc) is 3.03. The number of anilines is 2. The predicted octanol–water partition coefficient (Wildman–Crippen LogP) is 0.919. The van der Waals surface area contributed by atoms with Gasteiger partial charge in [-0.25, -0.2) is 9.97 Å². The van der Waals surface area contributed by atoms with Crippen molar-refractivity contribution in [3.63, 3.8) is 0 Å². The number of aryl methyl sites for hydroxylation is 1. The molecule has 0 unspecified atom stereocenters. The lowest BCUT2D eigenvalue weighted by molar-refractivity contribution is 0.0996. The number of fused-ring (bicyclic) bond motifs is 1. The first-order valence-electron chi connectivity index (χ1n) is 6.47. The molecule has 0 N–H and O–H groups in total. The van der Waals surface area contributed by atoms with Crippen molar-refractivity contribution < 1.29 is 4.79 Å². The van der Waals surface area contributed by atoms with Crippen LogP contribution >= 0.6 is 0 Å². The lowest BCUT2D eigenvalue weighted by Gasteiger charge is -2.11. The van der Waals surface area contributed by atoms with Crippen LogP contribution in [0.3, 0.4) is 0 Å². The Bertz CT molecular complexity index is 663. The molecule has 1 amide bonds. The highest BCUT2D eigenvalue weighted by Gasteiger charge is 2.31.